The smallest absolute Gasteiger partial charge is 0.263 e. The van der Waals surface area contributed by atoms with Crippen molar-refractivity contribution in [3.8, 4) is 0 Å². The topological polar surface area (TPSA) is 71.1 Å². The van der Waals surface area contributed by atoms with E-state index in [0.29, 0.717) is 5.13 Å². The third kappa shape index (κ3) is 2.75. The maximum Gasteiger partial charge on any atom is 0.263 e. The van der Waals surface area contributed by atoms with Crippen molar-refractivity contribution in [3.05, 3.63) is 35.8 Å². The first-order chi connectivity index (χ1) is 8.12. The van der Waals surface area contributed by atoms with Crippen molar-refractivity contribution in [2.45, 2.75) is 4.90 Å². The van der Waals surface area contributed by atoms with Gasteiger partial charge in [0.15, 0.2) is 5.13 Å². The summed E-state index contributed by atoms with van der Waals surface area (Å²) in [5.74, 6) is 0. The maximum atomic E-state index is 11.9. The monoisotopic (exact) mass is 269 g/mol. The second-order valence-electron chi connectivity index (χ2n) is 3.22. The third-order valence-electron chi connectivity index (χ3n) is 2.11. The van der Waals surface area contributed by atoms with Crippen LogP contribution in [0.3, 0.4) is 0 Å². The van der Waals surface area contributed by atoms with Gasteiger partial charge in [-0.3, -0.25) is 4.72 Å². The van der Waals surface area contributed by atoms with Gasteiger partial charge in [-0.05, 0) is 24.3 Å². The van der Waals surface area contributed by atoms with Gasteiger partial charge < -0.3 is 5.32 Å². The molecule has 2 rings (SSSR count). The van der Waals surface area contributed by atoms with E-state index in [1.165, 1.54) is 11.3 Å². The summed E-state index contributed by atoms with van der Waals surface area (Å²) >= 11 is 1.24. The van der Waals surface area contributed by atoms with Gasteiger partial charge in [-0.15, -0.1) is 11.3 Å². The zero-order chi connectivity index (χ0) is 12.3. The number of nitrogens with zero attached hydrogens (tertiary/aromatic N) is 1. The largest absolute Gasteiger partial charge is 0.388 e. The molecular formula is C10H11N3O2S2. The number of anilines is 2. The molecule has 0 amide bonds. The van der Waals surface area contributed by atoms with Crippen molar-refractivity contribution in [2.24, 2.45) is 0 Å². The van der Waals surface area contributed by atoms with Gasteiger partial charge in [0.05, 0.1) is 4.90 Å². The number of hydrogen-bond donors (Lipinski definition) is 2. The zero-order valence-electron chi connectivity index (χ0n) is 9.04. The normalized spacial score (nSPS) is 11.1. The van der Waals surface area contributed by atoms with Crippen LogP contribution in [0.5, 0.6) is 0 Å². The van der Waals surface area contributed by atoms with Crippen LogP contribution in [-0.4, -0.2) is 20.4 Å². The third-order valence-corrected chi connectivity index (χ3v) is 4.28. The molecule has 1 aromatic heterocycles. The van der Waals surface area contributed by atoms with E-state index in [1.807, 2.05) is 0 Å². The number of benzene rings is 1. The minimum atomic E-state index is -3.54. The van der Waals surface area contributed by atoms with Crippen molar-refractivity contribution < 1.29 is 8.42 Å². The van der Waals surface area contributed by atoms with Crippen LogP contribution in [0.1, 0.15) is 0 Å². The second kappa shape index (κ2) is 4.72. The molecule has 1 heterocycles. The number of aromatic nitrogens is 1. The summed E-state index contributed by atoms with van der Waals surface area (Å²) < 4.78 is 26.3. The summed E-state index contributed by atoms with van der Waals surface area (Å²) in [6.45, 7) is 0. The Morgan fingerprint density at radius 3 is 2.47 bits per heavy atom. The molecule has 0 aliphatic heterocycles. The summed E-state index contributed by atoms with van der Waals surface area (Å²) in [5, 5.41) is 5.00. The van der Waals surface area contributed by atoms with E-state index in [2.05, 4.69) is 15.0 Å². The Morgan fingerprint density at radius 1 is 1.24 bits per heavy atom. The lowest BCUT2D eigenvalue weighted by atomic mass is 10.3. The number of sulfonamides is 1. The van der Waals surface area contributed by atoms with Crippen LogP contribution in [0, 0.1) is 0 Å². The van der Waals surface area contributed by atoms with Crippen molar-refractivity contribution in [2.75, 3.05) is 17.1 Å². The average Bonchev–Trinajstić information content (AvgIpc) is 2.81. The minimum absolute atomic E-state index is 0.215. The van der Waals surface area contributed by atoms with Crippen LogP contribution in [-0.2, 0) is 10.0 Å². The lowest BCUT2D eigenvalue weighted by molar-refractivity contribution is 0.601. The first kappa shape index (κ1) is 11.9. The molecule has 0 aliphatic rings. The molecule has 0 aliphatic carbocycles. The predicted molar refractivity (Wildman–Crippen MR) is 68.9 cm³/mol. The Balaban J connectivity index is 2.25. The van der Waals surface area contributed by atoms with Crippen molar-refractivity contribution in [1.29, 1.82) is 0 Å². The van der Waals surface area contributed by atoms with Crippen LogP contribution < -0.4 is 10.0 Å². The van der Waals surface area contributed by atoms with Gasteiger partial charge in [0.25, 0.3) is 10.0 Å². The Labute approximate surface area is 104 Å². The number of rotatable bonds is 4. The van der Waals surface area contributed by atoms with Crippen LogP contribution in [0.25, 0.3) is 0 Å². The zero-order valence-corrected chi connectivity index (χ0v) is 10.7. The molecule has 17 heavy (non-hydrogen) atoms. The molecule has 7 heteroatoms. The summed E-state index contributed by atoms with van der Waals surface area (Å²) in [7, 11) is -1.76. The van der Waals surface area contributed by atoms with E-state index in [0.717, 1.165) is 5.69 Å². The molecule has 2 aromatic rings. The molecule has 0 spiro atoms. The molecular weight excluding hydrogens is 258 g/mol. The Morgan fingerprint density at radius 2 is 1.94 bits per heavy atom. The Hall–Kier alpha value is -1.60. The molecule has 0 bridgehead atoms. The highest BCUT2D eigenvalue weighted by Gasteiger charge is 2.14. The molecule has 0 unspecified atom stereocenters. The van der Waals surface area contributed by atoms with E-state index in [-0.39, 0.29) is 4.90 Å². The summed E-state index contributed by atoms with van der Waals surface area (Å²) in [5.41, 5.74) is 0.859. The summed E-state index contributed by atoms with van der Waals surface area (Å²) in [6, 6.07) is 6.50. The van der Waals surface area contributed by atoms with E-state index in [9.17, 15) is 8.42 Å². The van der Waals surface area contributed by atoms with Gasteiger partial charge in [0.1, 0.15) is 0 Å². The Bertz CT molecular complexity index is 577. The van der Waals surface area contributed by atoms with Gasteiger partial charge >= 0.3 is 0 Å². The van der Waals surface area contributed by atoms with Gasteiger partial charge in [-0.25, -0.2) is 13.4 Å². The first-order valence-corrected chi connectivity index (χ1v) is 7.18. The van der Waals surface area contributed by atoms with E-state index in [4.69, 9.17) is 0 Å². The van der Waals surface area contributed by atoms with E-state index in [1.54, 1.807) is 42.9 Å². The molecule has 0 fully saturated rings. The quantitative estimate of drug-likeness (QED) is 0.890. The fraction of sp³-hybridized carbons (Fsp3) is 0.100. The van der Waals surface area contributed by atoms with Crippen molar-refractivity contribution in [1.82, 2.24) is 4.98 Å². The average molecular weight is 269 g/mol. The van der Waals surface area contributed by atoms with Gasteiger partial charge in [-0.1, -0.05) is 0 Å². The van der Waals surface area contributed by atoms with Crippen LogP contribution in [0.2, 0.25) is 0 Å². The summed E-state index contributed by atoms with van der Waals surface area (Å²) in [6.07, 6.45) is 1.55. The summed E-state index contributed by atoms with van der Waals surface area (Å²) in [4.78, 5) is 4.09. The number of hydrogen-bond acceptors (Lipinski definition) is 5. The second-order valence-corrected chi connectivity index (χ2v) is 5.79. The molecule has 1 aromatic carbocycles. The Kier molecular flexibility index (Phi) is 3.30. The highest BCUT2D eigenvalue weighted by atomic mass is 32.2. The molecule has 0 atom stereocenters. The standard InChI is InChI=1S/C10H11N3O2S2/c1-11-8-2-4-9(5-3-8)17(14,15)13-10-12-6-7-16-10/h2-7,11H,1H3,(H,12,13). The molecule has 0 radical (unpaired) electrons. The highest BCUT2D eigenvalue weighted by molar-refractivity contribution is 7.93. The van der Waals surface area contributed by atoms with Gasteiger partial charge in [0.2, 0.25) is 0 Å². The number of thiazole rings is 1. The molecule has 5 nitrogen and oxygen atoms in total. The SMILES string of the molecule is CNc1ccc(S(=O)(=O)Nc2nccs2)cc1. The minimum Gasteiger partial charge on any atom is -0.388 e. The van der Waals surface area contributed by atoms with Gasteiger partial charge in [-0.2, -0.15) is 0 Å². The molecule has 0 saturated carbocycles. The van der Waals surface area contributed by atoms with E-state index >= 15 is 0 Å². The highest BCUT2D eigenvalue weighted by Crippen LogP contribution is 2.19. The maximum absolute atomic E-state index is 11.9. The van der Waals surface area contributed by atoms with Gasteiger partial charge in [0, 0.05) is 24.3 Å². The predicted octanol–water partition coefficient (Wildman–Crippen LogP) is 1.99. The van der Waals surface area contributed by atoms with E-state index < -0.39 is 10.0 Å². The lowest BCUT2D eigenvalue weighted by Crippen LogP contribution is -2.12. The van der Waals surface area contributed by atoms with Crippen molar-refractivity contribution >= 4 is 32.2 Å². The number of nitrogens with one attached hydrogen (secondary N) is 2. The molecule has 90 valence electrons. The van der Waals surface area contributed by atoms with Crippen LogP contribution in [0.4, 0.5) is 10.8 Å². The molecule has 2 N–H and O–H groups in total. The van der Waals surface area contributed by atoms with Crippen molar-refractivity contribution in [3.63, 3.8) is 0 Å². The molecule has 0 saturated heterocycles. The fourth-order valence-corrected chi connectivity index (χ4v) is 3.04. The van der Waals surface area contributed by atoms with Crippen LogP contribution in [0.15, 0.2) is 40.7 Å². The van der Waals surface area contributed by atoms with Crippen LogP contribution >= 0.6 is 11.3 Å². The first-order valence-electron chi connectivity index (χ1n) is 4.82. The lowest BCUT2D eigenvalue weighted by Gasteiger charge is -2.06. The fourth-order valence-electron chi connectivity index (χ4n) is 1.25.